The molecular weight excluding hydrogens is 733 g/mol. The summed E-state index contributed by atoms with van der Waals surface area (Å²) in [6.45, 7) is 6.31. The molecular formula is C40H45F2N4O8P. The summed E-state index contributed by atoms with van der Waals surface area (Å²) in [5.74, 6) is -2.28. The molecule has 0 unspecified atom stereocenters. The number of carbonyl (C=O) groups is 4. The minimum Gasteiger partial charge on any atom is -0.372 e. The van der Waals surface area contributed by atoms with Crippen LogP contribution in [0, 0.1) is 5.92 Å². The predicted octanol–water partition coefficient (Wildman–Crippen LogP) is 5.97. The smallest absolute Gasteiger partial charge is 0.372 e. The number of primary amides is 1. The number of para-hydroxylation sites is 1. The largest absolute Gasteiger partial charge is 0.399 e. The molecule has 3 amide bonds. The maximum atomic E-state index is 14.4. The number of aromatic amines is 1. The van der Waals surface area contributed by atoms with Crippen molar-refractivity contribution in [2.24, 2.45) is 11.7 Å². The number of aryl methyl sites for hydroxylation is 1. The van der Waals surface area contributed by atoms with E-state index in [2.05, 4.69) is 24.1 Å². The number of benzene rings is 3. The molecule has 0 saturated heterocycles. The number of ketones is 1. The van der Waals surface area contributed by atoms with Crippen LogP contribution in [-0.4, -0.2) is 56.5 Å². The van der Waals surface area contributed by atoms with Gasteiger partial charge in [0, 0.05) is 41.6 Å². The van der Waals surface area contributed by atoms with E-state index in [0.29, 0.717) is 30.0 Å². The molecule has 2 aliphatic rings. The zero-order chi connectivity index (χ0) is 39.8. The summed E-state index contributed by atoms with van der Waals surface area (Å²) in [6, 6.07) is 16.5. The number of alkyl halides is 2. The van der Waals surface area contributed by atoms with E-state index < -0.39 is 66.4 Å². The minimum atomic E-state index is -5.80. The molecule has 0 saturated carbocycles. The normalized spacial score (nSPS) is 18.3. The summed E-state index contributed by atoms with van der Waals surface area (Å²) in [5.41, 5.74) is 4.98. The first-order valence-electron chi connectivity index (χ1n) is 18.3. The molecule has 0 radical (unpaired) electrons. The van der Waals surface area contributed by atoms with Crippen LogP contribution in [0.4, 0.5) is 14.5 Å². The Balaban J connectivity index is 1.19. The Bertz CT molecular complexity index is 2170. The maximum absolute atomic E-state index is 14.4. The van der Waals surface area contributed by atoms with Gasteiger partial charge in [0.1, 0.15) is 6.04 Å². The highest BCUT2D eigenvalue weighted by Crippen LogP contribution is 2.59. The summed E-state index contributed by atoms with van der Waals surface area (Å²) in [6.07, 6.45) is 0.483. The molecule has 4 atom stereocenters. The number of anilines is 1. The summed E-state index contributed by atoms with van der Waals surface area (Å²) >= 11 is 0. The fourth-order valence-corrected chi connectivity index (χ4v) is 7.88. The Morgan fingerprint density at radius 1 is 1.05 bits per heavy atom. The Labute approximate surface area is 317 Å². The van der Waals surface area contributed by atoms with Gasteiger partial charge >= 0.3 is 13.3 Å². The van der Waals surface area contributed by atoms with E-state index in [1.165, 1.54) is 22.6 Å². The SMILES string of the molecule is CC(C)c1ccc(CO[C@H](C)[C@H](CCC(N)=O)NC(=O)[C@@H]2Cc3cccc4c3N2C(=O)[C@@H](CC(=O)c2cc3cc(C(F)(F)P(=O)(O)O)ccc3[nH]2)CC4)cc1. The van der Waals surface area contributed by atoms with E-state index in [1.807, 2.05) is 49.4 Å². The van der Waals surface area contributed by atoms with Crippen molar-refractivity contribution in [2.45, 2.75) is 95.7 Å². The van der Waals surface area contributed by atoms with Crippen molar-refractivity contribution in [3.8, 4) is 0 Å². The van der Waals surface area contributed by atoms with Crippen LogP contribution in [0.1, 0.15) is 90.7 Å². The van der Waals surface area contributed by atoms with Crippen molar-refractivity contribution in [2.75, 3.05) is 4.90 Å². The predicted molar refractivity (Wildman–Crippen MR) is 202 cm³/mol. The average Bonchev–Trinajstić information content (AvgIpc) is 3.72. The number of carbonyl (C=O) groups excluding carboxylic acids is 4. The number of rotatable bonds is 15. The van der Waals surface area contributed by atoms with Gasteiger partial charge in [-0.05, 0) is 72.6 Å². The van der Waals surface area contributed by atoms with Gasteiger partial charge in [-0.1, -0.05) is 62.4 Å². The molecule has 55 heavy (non-hydrogen) atoms. The van der Waals surface area contributed by atoms with Gasteiger partial charge < -0.3 is 30.6 Å². The van der Waals surface area contributed by atoms with Crippen molar-refractivity contribution in [1.29, 1.82) is 0 Å². The van der Waals surface area contributed by atoms with Gasteiger partial charge in [0.2, 0.25) is 17.7 Å². The molecule has 0 bridgehead atoms. The maximum Gasteiger partial charge on any atom is 0.399 e. The van der Waals surface area contributed by atoms with Crippen molar-refractivity contribution >= 4 is 47.7 Å². The highest BCUT2D eigenvalue weighted by Gasteiger charge is 2.50. The van der Waals surface area contributed by atoms with E-state index >= 15 is 0 Å². The van der Waals surface area contributed by atoms with Crippen LogP contribution in [0.3, 0.4) is 0 Å². The molecule has 0 fully saturated rings. The van der Waals surface area contributed by atoms with Crippen LogP contribution >= 0.6 is 7.60 Å². The average molecular weight is 779 g/mol. The summed E-state index contributed by atoms with van der Waals surface area (Å²) in [4.78, 5) is 76.7. The molecule has 4 aromatic rings. The number of nitrogens with one attached hydrogen (secondary N) is 2. The molecule has 6 rings (SSSR count). The van der Waals surface area contributed by atoms with Crippen LogP contribution in [0.25, 0.3) is 10.9 Å². The highest BCUT2D eigenvalue weighted by molar-refractivity contribution is 7.52. The molecule has 15 heteroatoms. The lowest BCUT2D eigenvalue weighted by atomic mass is 9.93. The molecule has 12 nitrogen and oxygen atoms in total. The van der Waals surface area contributed by atoms with Gasteiger partial charge in [-0.25, -0.2) is 0 Å². The number of halogens is 2. The van der Waals surface area contributed by atoms with Crippen molar-refractivity contribution < 1.29 is 47.0 Å². The van der Waals surface area contributed by atoms with Gasteiger partial charge in [-0.3, -0.25) is 28.6 Å². The monoisotopic (exact) mass is 778 g/mol. The van der Waals surface area contributed by atoms with Crippen LogP contribution in [-0.2, 0) is 48.8 Å². The van der Waals surface area contributed by atoms with Crippen molar-refractivity contribution in [3.63, 3.8) is 0 Å². The number of Topliss-reactive ketones (excluding diaryl/α,β-unsaturated/α-hetero) is 1. The third kappa shape index (κ3) is 8.42. The molecule has 1 aromatic heterocycles. The molecule has 292 valence electrons. The summed E-state index contributed by atoms with van der Waals surface area (Å²) < 4.78 is 46.4. The molecule has 3 aromatic carbocycles. The Hall–Kier alpha value is -4.75. The minimum absolute atomic E-state index is 0.00473. The highest BCUT2D eigenvalue weighted by atomic mass is 31.2. The Morgan fingerprint density at radius 2 is 1.76 bits per heavy atom. The standard InChI is InChI=1S/C40H45F2N4O8P/c1-22(2)25-9-7-24(8-10-25)21-54-23(3)31(15-16-36(43)48)45-38(49)34-19-27-6-4-5-26-11-12-28(39(50)46(34)37(26)27)20-35(47)33-18-29-17-30(13-14-32(29)44-33)40(41,42)55(51,52)53/h4-10,13-14,17-18,22-23,28,31,34,44H,11-12,15-16,19-21H2,1-3H3,(H2,43,48)(H,45,49)(H2,51,52,53)/t23-,28-,31+,34+/m1/s1. The zero-order valence-corrected chi connectivity index (χ0v) is 31.7. The summed E-state index contributed by atoms with van der Waals surface area (Å²) in [7, 11) is -5.80. The van der Waals surface area contributed by atoms with Gasteiger partial charge in [-0.15, -0.1) is 0 Å². The van der Waals surface area contributed by atoms with Gasteiger partial charge in [0.25, 0.3) is 0 Å². The fraction of sp³-hybridized carbons (Fsp3) is 0.400. The second-order valence-electron chi connectivity index (χ2n) is 14.8. The molecule has 3 heterocycles. The number of hydrogen-bond donors (Lipinski definition) is 5. The first-order chi connectivity index (χ1) is 25.9. The topological polar surface area (TPSA) is 192 Å². The Kier molecular flexibility index (Phi) is 11.5. The fourth-order valence-electron chi connectivity index (χ4n) is 7.40. The second kappa shape index (κ2) is 15.8. The van der Waals surface area contributed by atoms with Crippen LogP contribution in [0.15, 0.2) is 66.7 Å². The quantitative estimate of drug-likeness (QED) is 0.0720. The third-order valence-corrected chi connectivity index (χ3v) is 11.6. The number of ether oxygens (including phenoxy) is 1. The zero-order valence-electron chi connectivity index (χ0n) is 30.8. The molecule has 6 N–H and O–H groups in total. The van der Waals surface area contributed by atoms with E-state index in [9.17, 15) is 32.5 Å². The second-order valence-corrected chi connectivity index (χ2v) is 16.5. The number of nitrogens with zero attached hydrogens (tertiary/aromatic N) is 1. The number of fused-ring (bicyclic) bond motifs is 1. The van der Waals surface area contributed by atoms with E-state index in [0.717, 1.165) is 28.8 Å². The van der Waals surface area contributed by atoms with Crippen LogP contribution in [0.5, 0.6) is 0 Å². The first kappa shape index (κ1) is 39.9. The third-order valence-electron chi connectivity index (χ3n) is 10.6. The molecule has 0 spiro atoms. The lowest BCUT2D eigenvalue weighted by molar-refractivity contribution is -0.129. The number of amides is 3. The van der Waals surface area contributed by atoms with Crippen molar-refractivity contribution in [3.05, 3.63) is 100 Å². The summed E-state index contributed by atoms with van der Waals surface area (Å²) in [5, 5.41) is 3.18. The van der Waals surface area contributed by atoms with E-state index in [-0.39, 0.29) is 43.4 Å². The first-order valence-corrected chi connectivity index (χ1v) is 19.9. The van der Waals surface area contributed by atoms with Crippen molar-refractivity contribution in [1.82, 2.24) is 10.3 Å². The number of hydrogen-bond acceptors (Lipinski definition) is 6. The lowest BCUT2D eigenvalue weighted by Crippen LogP contribution is -2.54. The number of H-pyrrole nitrogens is 1. The van der Waals surface area contributed by atoms with E-state index in [4.69, 9.17) is 20.3 Å². The molecule has 0 aliphatic carbocycles. The Morgan fingerprint density at radius 3 is 2.44 bits per heavy atom. The van der Waals surface area contributed by atoms with Gasteiger partial charge in [-0.2, -0.15) is 8.78 Å². The molecule has 2 aliphatic heterocycles. The number of nitrogens with two attached hydrogens (primary N) is 1. The lowest BCUT2D eigenvalue weighted by Gasteiger charge is -2.31. The van der Waals surface area contributed by atoms with Gasteiger partial charge in [0.05, 0.1) is 30.1 Å². The van der Waals surface area contributed by atoms with Gasteiger partial charge in [0.15, 0.2) is 5.78 Å². The van der Waals surface area contributed by atoms with Crippen LogP contribution in [0.2, 0.25) is 0 Å². The van der Waals surface area contributed by atoms with E-state index in [1.54, 1.807) is 0 Å². The van der Waals surface area contributed by atoms with Crippen LogP contribution < -0.4 is 16.0 Å². The number of aromatic nitrogens is 1.